The van der Waals surface area contributed by atoms with E-state index in [4.69, 9.17) is 0 Å². The largest absolute Gasteiger partial charge is 0.355 e. The molecule has 2 aromatic heterocycles. The van der Waals surface area contributed by atoms with Crippen molar-refractivity contribution < 1.29 is 9.72 Å². The number of pyridine rings is 1. The van der Waals surface area contributed by atoms with E-state index in [1.54, 1.807) is 12.1 Å². The van der Waals surface area contributed by atoms with Gasteiger partial charge in [-0.1, -0.05) is 13.0 Å². The zero-order valence-electron chi connectivity index (χ0n) is 14.3. The monoisotopic (exact) mass is 357 g/mol. The van der Waals surface area contributed by atoms with Gasteiger partial charge < -0.3 is 4.90 Å². The number of hydrazine groups is 1. The summed E-state index contributed by atoms with van der Waals surface area (Å²) in [6.45, 7) is 3.49. The van der Waals surface area contributed by atoms with E-state index in [-0.39, 0.29) is 23.0 Å². The molecule has 3 heterocycles. The second-order valence-electron chi connectivity index (χ2n) is 6.14. The minimum atomic E-state index is -0.538. The summed E-state index contributed by atoms with van der Waals surface area (Å²) in [4.78, 5) is 37.0. The maximum absolute atomic E-state index is 12.1. The lowest BCUT2D eigenvalue weighted by molar-refractivity contribution is -0.383. The molecule has 2 aromatic rings. The number of piperidine rings is 1. The fourth-order valence-corrected chi connectivity index (χ4v) is 2.92. The molecule has 0 saturated carbocycles. The summed E-state index contributed by atoms with van der Waals surface area (Å²) in [5.41, 5.74) is 4.83. The molecule has 1 aliphatic heterocycles. The Morgan fingerprint density at radius 1 is 1.35 bits per heavy atom. The fraction of sp³-hybridized carbons (Fsp3) is 0.375. The van der Waals surface area contributed by atoms with Gasteiger partial charge in [0.15, 0.2) is 0 Å². The van der Waals surface area contributed by atoms with E-state index in [1.165, 1.54) is 18.6 Å². The minimum absolute atomic E-state index is 0.0671. The van der Waals surface area contributed by atoms with Crippen LogP contribution in [-0.2, 0) is 0 Å². The van der Waals surface area contributed by atoms with Crippen molar-refractivity contribution in [2.24, 2.45) is 5.92 Å². The van der Waals surface area contributed by atoms with Crippen molar-refractivity contribution in [1.29, 1.82) is 0 Å². The lowest BCUT2D eigenvalue weighted by Crippen LogP contribution is -2.36. The molecule has 0 spiro atoms. The summed E-state index contributed by atoms with van der Waals surface area (Å²) in [6.07, 6.45) is 4.76. The number of aromatic nitrogens is 3. The van der Waals surface area contributed by atoms with Crippen LogP contribution in [0.2, 0.25) is 0 Å². The number of hydrogen-bond acceptors (Lipinski definition) is 8. The predicted octanol–water partition coefficient (Wildman–Crippen LogP) is 1.77. The van der Waals surface area contributed by atoms with Crippen LogP contribution in [0.3, 0.4) is 0 Å². The number of hydrogen-bond donors (Lipinski definition) is 2. The molecule has 0 radical (unpaired) electrons. The van der Waals surface area contributed by atoms with E-state index in [1.807, 2.05) is 4.90 Å². The first kappa shape index (κ1) is 17.5. The van der Waals surface area contributed by atoms with Crippen LogP contribution in [-0.4, -0.2) is 38.9 Å². The molecule has 0 aromatic carbocycles. The van der Waals surface area contributed by atoms with E-state index in [9.17, 15) is 14.9 Å². The molecule has 1 amide bonds. The first-order valence-corrected chi connectivity index (χ1v) is 8.28. The molecule has 136 valence electrons. The summed E-state index contributed by atoms with van der Waals surface area (Å²) in [6, 6.07) is 4.89. The third-order valence-corrected chi connectivity index (χ3v) is 4.13. The average Bonchev–Trinajstić information content (AvgIpc) is 2.66. The maximum atomic E-state index is 12.1. The van der Waals surface area contributed by atoms with Crippen LogP contribution in [0.1, 0.15) is 30.3 Å². The first-order valence-electron chi connectivity index (χ1n) is 8.28. The molecule has 10 heteroatoms. The van der Waals surface area contributed by atoms with Gasteiger partial charge in [-0.25, -0.2) is 9.97 Å². The van der Waals surface area contributed by atoms with Gasteiger partial charge in [0.05, 0.1) is 4.92 Å². The van der Waals surface area contributed by atoms with Crippen LogP contribution >= 0.6 is 0 Å². The van der Waals surface area contributed by atoms with Crippen molar-refractivity contribution in [2.45, 2.75) is 19.8 Å². The Bertz CT molecular complexity index is 800. The Morgan fingerprint density at radius 3 is 2.88 bits per heavy atom. The summed E-state index contributed by atoms with van der Waals surface area (Å²) in [5.74, 6) is 0.0962. The molecule has 10 nitrogen and oxygen atoms in total. The maximum Gasteiger partial charge on any atom is 0.355 e. The highest BCUT2D eigenvalue weighted by molar-refractivity contribution is 5.93. The Balaban J connectivity index is 1.82. The quantitative estimate of drug-likeness (QED) is 0.612. The normalized spacial score (nSPS) is 16.8. The van der Waals surface area contributed by atoms with Gasteiger partial charge in [0.1, 0.15) is 12.0 Å². The molecule has 1 aliphatic rings. The molecule has 0 bridgehead atoms. The van der Waals surface area contributed by atoms with Gasteiger partial charge in [0, 0.05) is 19.3 Å². The average molecular weight is 357 g/mol. The predicted molar refractivity (Wildman–Crippen MR) is 94.6 cm³/mol. The van der Waals surface area contributed by atoms with Gasteiger partial charge in [-0.2, -0.15) is 0 Å². The first-order chi connectivity index (χ1) is 12.6. The van der Waals surface area contributed by atoms with Crippen LogP contribution in [0.4, 0.5) is 17.3 Å². The van der Waals surface area contributed by atoms with E-state index < -0.39 is 10.8 Å². The number of amides is 1. The SMILES string of the molecule is CC1CCCN(c2ncnc(NNC(=O)c3ccccn3)c2[N+](=O)[O-])C1. The summed E-state index contributed by atoms with van der Waals surface area (Å²) in [5, 5.41) is 11.6. The number of nitrogens with one attached hydrogen (secondary N) is 2. The van der Waals surface area contributed by atoms with Crippen molar-refractivity contribution in [3.8, 4) is 0 Å². The van der Waals surface area contributed by atoms with Crippen molar-refractivity contribution in [3.63, 3.8) is 0 Å². The number of nitrogens with zero attached hydrogens (tertiary/aromatic N) is 5. The molecule has 1 saturated heterocycles. The molecular weight excluding hydrogens is 338 g/mol. The van der Waals surface area contributed by atoms with Gasteiger partial charge in [0.2, 0.25) is 11.6 Å². The Morgan fingerprint density at radius 2 is 2.19 bits per heavy atom. The Labute approximate surface area is 149 Å². The summed E-state index contributed by atoms with van der Waals surface area (Å²) < 4.78 is 0. The van der Waals surface area contributed by atoms with E-state index >= 15 is 0 Å². The summed E-state index contributed by atoms with van der Waals surface area (Å²) in [7, 11) is 0. The highest BCUT2D eigenvalue weighted by Gasteiger charge is 2.29. The third kappa shape index (κ3) is 3.85. The van der Waals surface area contributed by atoms with E-state index in [0.29, 0.717) is 19.0 Å². The van der Waals surface area contributed by atoms with Crippen molar-refractivity contribution in [3.05, 3.63) is 46.5 Å². The second-order valence-corrected chi connectivity index (χ2v) is 6.14. The fourth-order valence-electron chi connectivity index (χ4n) is 2.92. The molecule has 2 N–H and O–H groups in total. The lowest BCUT2D eigenvalue weighted by atomic mass is 10.0. The van der Waals surface area contributed by atoms with Crippen LogP contribution in [0.5, 0.6) is 0 Å². The molecule has 0 aliphatic carbocycles. The molecule has 1 atom stereocenters. The number of carbonyl (C=O) groups excluding carboxylic acids is 1. The molecule has 1 unspecified atom stereocenters. The van der Waals surface area contributed by atoms with Crippen molar-refractivity contribution in [1.82, 2.24) is 20.4 Å². The van der Waals surface area contributed by atoms with E-state index in [0.717, 1.165) is 12.8 Å². The number of nitro groups is 1. The van der Waals surface area contributed by atoms with Crippen molar-refractivity contribution >= 4 is 23.2 Å². The zero-order chi connectivity index (χ0) is 18.5. The standard InChI is InChI=1S/C16H19N7O3/c1-11-5-4-8-22(9-11)15-13(23(25)26)14(18-10-19-15)20-21-16(24)12-6-2-3-7-17-12/h2-3,6-7,10-11H,4-5,8-9H2,1H3,(H,21,24)(H,18,19,20). The molecule has 26 heavy (non-hydrogen) atoms. The molecular formula is C16H19N7O3. The van der Waals surface area contributed by atoms with E-state index in [2.05, 4.69) is 32.7 Å². The Hall–Kier alpha value is -3.30. The number of anilines is 2. The molecule has 1 fully saturated rings. The van der Waals surface area contributed by atoms with Crippen molar-refractivity contribution in [2.75, 3.05) is 23.4 Å². The van der Waals surface area contributed by atoms with Gasteiger partial charge in [-0.3, -0.25) is 30.7 Å². The molecule has 3 rings (SSSR count). The topological polar surface area (TPSA) is 126 Å². The third-order valence-electron chi connectivity index (χ3n) is 4.13. The van der Waals surface area contributed by atoms with Gasteiger partial charge in [-0.15, -0.1) is 0 Å². The van der Waals surface area contributed by atoms with Gasteiger partial charge in [0.25, 0.3) is 5.91 Å². The highest BCUT2D eigenvalue weighted by Crippen LogP contribution is 2.33. The zero-order valence-corrected chi connectivity index (χ0v) is 14.3. The number of carbonyl (C=O) groups is 1. The van der Waals surface area contributed by atoms with Crippen LogP contribution in [0, 0.1) is 16.0 Å². The van der Waals surface area contributed by atoms with Gasteiger partial charge >= 0.3 is 5.69 Å². The minimum Gasteiger partial charge on any atom is -0.350 e. The summed E-state index contributed by atoms with van der Waals surface area (Å²) >= 11 is 0. The Kier molecular flexibility index (Phi) is 5.20. The van der Waals surface area contributed by atoms with Gasteiger partial charge in [-0.05, 0) is 30.9 Å². The highest BCUT2D eigenvalue weighted by atomic mass is 16.6. The lowest BCUT2D eigenvalue weighted by Gasteiger charge is -2.31. The van der Waals surface area contributed by atoms with Crippen LogP contribution < -0.4 is 15.8 Å². The van der Waals surface area contributed by atoms with Crippen LogP contribution in [0.15, 0.2) is 30.7 Å². The smallest absolute Gasteiger partial charge is 0.350 e. The van der Waals surface area contributed by atoms with Crippen LogP contribution in [0.25, 0.3) is 0 Å². The number of rotatable bonds is 5. The second kappa shape index (κ2) is 7.72.